The molecule has 9 heteroatoms. The molecule has 0 aliphatic carbocycles. The number of hydrogen-bond acceptors (Lipinski definition) is 6. The average molecular weight is 495 g/mol. The van der Waals surface area contributed by atoms with E-state index in [0.29, 0.717) is 50.2 Å². The van der Waals surface area contributed by atoms with Gasteiger partial charge in [0.05, 0.1) is 13.7 Å². The molecule has 36 heavy (non-hydrogen) atoms. The minimum absolute atomic E-state index is 0.101. The Labute approximate surface area is 211 Å². The molecule has 1 N–H and O–H groups in total. The molecule has 2 aliphatic heterocycles. The molecule has 1 unspecified atom stereocenters. The Morgan fingerprint density at radius 2 is 1.78 bits per heavy atom. The molecule has 1 spiro atoms. The Balaban J connectivity index is 1.55. The van der Waals surface area contributed by atoms with Crippen molar-refractivity contribution in [2.75, 3.05) is 26.8 Å². The zero-order valence-electron chi connectivity index (χ0n) is 21.1. The third-order valence-electron chi connectivity index (χ3n) is 6.82. The van der Waals surface area contributed by atoms with Gasteiger partial charge in [-0.3, -0.25) is 24.3 Å². The molecular formula is C27H34N4O5. The second kappa shape index (κ2) is 11.1. The van der Waals surface area contributed by atoms with Gasteiger partial charge in [0, 0.05) is 56.9 Å². The van der Waals surface area contributed by atoms with Gasteiger partial charge in [0.2, 0.25) is 11.8 Å². The highest BCUT2D eigenvalue weighted by atomic mass is 16.5. The Morgan fingerprint density at radius 1 is 1.11 bits per heavy atom. The van der Waals surface area contributed by atoms with E-state index in [9.17, 15) is 14.4 Å². The predicted molar refractivity (Wildman–Crippen MR) is 133 cm³/mol. The number of aromatic nitrogens is 1. The number of carbonyl (C=O) groups is 3. The number of carbonyl (C=O) groups excluding carboxylic acids is 3. The molecule has 2 fully saturated rings. The summed E-state index contributed by atoms with van der Waals surface area (Å²) in [4.78, 5) is 47.2. The maximum absolute atomic E-state index is 13.8. The van der Waals surface area contributed by atoms with Crippen molar-refractivity contribution in [3.8, 4) is 5.75 Å². The maximum Gasteiger partial charge on any atom is 0.256 e. The largest absolute Gasteiger partial charge is 0.497 e. The Bertz CT molecular complexity index is 1070. The van der Waals surface area contributed by atoms with E-state index in [1.54, 1.807) is 48.7 Å². The molecule has 3 heterocycles. The summed E-state index contributed by atoms with van der Waals surface area (Å²) in [6.07, 6.45) is 4.73. The van der Waals surface area contributed by atoms with Crippen LogP contribution >= 0.6 is 0 Å². The van der Waals surface area contributed by atoms with Crippen molar-refractivity contribution in [3.05, 3.63) is 59.9 Å². The third kappa shape index (κ3) is 5.51. The van der Waals surface area contributed by atoms with Gasteiger partial charge in [-0.25, -0.2) is 0 Å². The summed E-state index contributed by atoms with van der Waals surface area (Å²) >= 11 is 0. The Hall–Kier alpha value is -3.46. The van der Waals surface area contributed by atoms with E-state index < -0.39 is 11.8 Å². The van der Waals surface area contributed by atoms with Gasteiger partial charge in [-0.05, 0) is 47.9 Å². The molecule has 1 aromatic carbocycles. The first-order valence-corrected chi connectivity index (χ1v) is 12.4. The molecule has 192 valence electrons. The summed E-state index contributed by atoms with van der Waals surface area (Å²) in [7, 11) is 1.57. The second-order valence-electron chi connectivity index (χ2n) is 9.73. The number of nitrogens with zero attached hydrogens (tertiary/aromatic N) is 3. The van der Waals surface area contributed by atoms with Gasteiger partial charge in [0.15, 0.2) is 0 Å². The molecule has 0 saturated carbocycles. The number of likely N-dealkylation sites (tertiary alicyclic amines) is 1. The van der Waals surface area contributed by atoms with E-state index >= 15 is 0 Å². The summed E-state index contributed by atoms with van der Waals surface area (Å²) in [5.74, 6) is 0.475. The summed E-state index contributed by atoms with van der Waals surface area (Å²) in [6, 6.07) is 9.72. The van der Waals surface area contributed by atoms with Crippen LogP contribution in [0.3, 0.4) is 0 Å². The zero-order chi connectivity index (χ0) is 25.7. The Kier molecular flexibility index (Phi) is 7.88. The van der Waals surface area contributed by atoms with Crippen molar-refractivity contribution in [3.63, 3.8) is 0 Å². The van der Waals surface area contributed by atoms with Crippen LogP contribution in [-0.2, 0) is 20.9 Å². The first kappa shape index (κ1) is 25.6. The molecular weight excluding hydrogens is 460 g/mol. The highest BCUT2D eigenvalue weighted by Crippen LogP contribution is 2.39. The normalized spacial score (nSPS) is 18.9. The van der Waals surface area contributed by atoms with Gasteiger partial charge in [0.25, 0.3) is 5.91 Å². The molecule has 2 aliphatic rings. The topological polar surface area (TPSA) is 101 Å². The number of methoxy groups -OCH3 is 1. The van der Waals surface area contributed by atoms with E-state index in [-0.39, 0.29) is 30.2 Å². The lowest BCUT2D eigenvalue weighted by atomic mass is 9.96. The summed E-state index contributed by atoms with van der Waals surface area (Å²) in [6.45, 7) is 5.42. The van der Waals surface area contributed by atoms with Crippen LogP contribution in [0.15, 0.2) is 48.8 Å². The smallest absolute Gasteiger partial charge is 0.256 e. The van der Waals surface area contributed by atoms with Crippen LogP contribution in [0.1, 0.15) is 49.0 Å². The van der Waals surface area contributed by atoms with Gasteiger partial charge in [-0.1, -0.05) is 13.8 Å². The van der Waals surface area contributed by atoms with Crippen LogP contribution in [0.5, 0.6) is 5.75 Å². The van der Waals surface area contributed by atoms with Crippen LogP contribution < -0.4 is 10.1 Å². The minimum atomic E-state index is -0.940. The van der Waals surface area contributed by atoms with E-state index in [2.05, 4.69) is 10.3 Å². The van der Waals surface area contributed by atoms with Crippen LogP contribution in [-0.4, -0.2) is 71.1 Å². The SMILES string of the molecule is COc1ccc(C(=O)N2C(C(=O)NCc3ccncc3)COC23CCN(C(=O)CC(C)C)CC3)cc1. The van der Waals surface area contributed by atoms with Crippen molar-refractivity contribution < 1.29 is 23.9 Å². The zero-order valence-corrected chi connectivity index (χ0v) is 21.1. The fourth-order valence-corrected chi connectivity index (χ4v) is 4.83. The molecule has 1 atom stereocenters. The van der Waals surface area contributed by atoms with Gasteiger partial charge < -0.3 is 19.7 Å². The van der Waals surface area contributed by atoms with Crippen LogP contribution in [0.2, 0.25) is 0 Å². The summed E-state index contributed by atoms with van der Waals surface area (Å²) in [5, 5.41) is 2.94. The molecule has 2 aromatic rings. The molecule has 4 rings (SSSR count). The lowest BCUT2D eigenvalue weighted by molar-refractivity contribution is -0.144. The Morgan fingerprint density at radius 3 is 2.39 bits per heavy atom. The van der Waals surface area contributed by atoms with Crippen LogP contribution in [0, 0.1) is 5.92 Å². The first-order chi connectivity index (χ1) is 17.3. The highest BCUT2D eigenvalue weighted by Gasteiger charge is 2.54. The van der Waals surface area contributed by atoms with E-state index in [1.807, 2.05) is 30.9 Å². The lowest BCUT2D eigenvalue weighted by Crippen LogP contribution is -2.59. The number of pyridine rings is 1. The van der Waals surface area contributed by atoms with Crippen molar-refractivity contribution in [1.29, 1.82) is 0 Å². The fourth-order valence-electron chi connectivity index (χ4n) is 4.83. The van der Waals surface area contributed by atoms with Gasteiger partial charge in [-0.15, -0.1) is 0 Å². The van der Waals surface area contributed by atoms with Crippen molar-refractivity contribution in [2.45, 2.75) is 51.4 Å². The van der Waals surface area contributed by atoms with Gasteiger partial charge in [0.1, 0.15) is 17.5 Å². The molecule has 3 amide bonds. The monoisotopic (exact) mass is 494 g/mol. The average Bonchev–Trinajstić information content (AvgIpc) is 3.26. The number of nitrogens with one attached hydrogen (secondary N) is 1. The highest BCUT2D eigenvalue weighted by molar-refractivity contribution is 5.98. The van der Waals surface area contributed by atoms with Gasteiger partial charge in [-0.2, -0.15) is 0 Å². The fraction of sp³-hybridized carbons (Fsp3) is 0.481. The van der Waals surface area contributed by atoms with E-state index in [0.717, 1.165) is 5.56 Å². The summed E-state index contributed by atoms with van der Waals surface area (Å²) in [5.41, 5.74) is 0.424. The molecule has 1 aromatic heterocycles. The molecule has 2 saturated heterocycles. The van der Waals surface area contributed by atoms with E-state index in [1.165, 1.54) is 0 Å². The van der Waals surface area contributed by atoms with Crippen LogP contribution in [0.25, 0.3) is 0 Å². The minimum Gasteiger partial charge on any atom is -0.497 e. The van der Waals surface area contributed by atoms with Gasteiger partial charge >= 0.3 is 0 Å². The quantitative estimate of drug-likeness (QED) is 0.635. The standard InChI is InChI=1S/C27H34N4O5/c1-19(2)16-24(32)30-14-10-27(11-15-30)31(26(34)21-4-6-22(35-3)7-5-21)23(18-36-27)25(33)29-17-20-8-12-28-13-9-20/h4-9,12-13,19,23H,10-11,14-18H2,1-3H3,(H,29,33). The number of piperidine rings is 1. The lowest BCUT2D eigenvalue weighted by Gasteiger charge is -2.44. The number of benzene rings is 1. The second-order valence-corrected chi connectivity index (χ2v) is 9.73. The maximum atomic E-state index is 13.8. The number of ether oxygens (including phenoxy) is 2. The van der Waals surface area contributed by atoms with E-state index in [4.69, 9.17) is 9.47 Å². The van der Waals surface area contributed by atoms with Crippen molar-refractivity contribution >= 4 is 17.7 Å². The number of amides is 3. The van der Waals surface area contributed by atoms with Crippen molar-refractivity contribution in [2.24, 2.45) is 5.92 Å². The molecule has 0 radical (unpaired) electrons. The summed E-state index contributed by atoms with van der Waals surface area (Å²) < 4.78 is 11.5. The first-order valence-electron chi connectivity index (χ1n) is 12.4. The number of rotatable bonds is 7. The molecule has 0 bridgehead atoms. The molecule has 9 nitrogen and oxygen atoms in total. The third-order valence-corrected chi connectivity index (χ3v) is 6.82. The number of hydrogen-bond donors (Lipinski definition) is 1. The predicted octanol–water partition coefficient (Wildman–Crippen LogP) is 2.61. The van der Waals surface area contributed by atoms with Crippen LogP contribution in [0.4, 0.5) is 0 Å². The van der Waals surface area contributed by atoms with Crippen molar-refractivity contribution in [1.82, 2.24) is 20.1 Å².